The van der Waals surface area contributed by atoms with Crippen LogP contribution in [0.1, 0.15) is 48.9 Å². The van der Waals surface area contributed by atoms with Gasteiger partial charge in [0.05, 0.1) is 17.8 Å². The maximum atomic E-state index is 12.7. The number of thioether (sulfide) groups is 1. The van der Waals surface area contributed by atoms with Crippen molar-refractivity contribution in [1.82, 2.24) is 25.1 Å². The molecule has 2 aliphatic rings. The standard InChI is InChI=1S/C17H21N5OS/c1-12-4-6-13(7-5-12)15-3-2-10-21(15)16(23)11-24-17-18-19-20-22(17)14-8-9-14/h4-7,14-15H,2-3,8-11H2,1H3. The van der Waals surface area contributed by atoms with Crippen molar-refractivity contribution in [2.75, 3.05) is 12.3 Å². The van der Waals surface area contributed by atoms with E-state index in [0.29, 0.717) is 11.8 Å². The lowest BCUT2D eigenvalue weighted by Crippen LogP contribution is -2.32. The average molecular weight is 343 g/mol. The third kappa shape index (κ3) is 3.17. The van der Waals surface area contributed by atoms with Crippen LogP contribution < -0.4 is 0 Å². The molecule has 6 nitrogen and oxygen atoms in total. The SMILES string of the molecule is Cc1ccc(C2CCCN2C(=O)CSc2nnnn2C2CC2)cc1. The van der Waals surface area contributed by atoms with E-state index < -0.39 is 0 Å². The fourth-order valence-corrected chi connectivity index (χ4v) is 4.07. The van der Waals surface area contributed by atoms with Gasteiger partial charge in [0.25, 0.3) is 0 Å². The van der Waals surface area contributed by atoms with Crippen LogP contribution in [-0.2, 0) is 4.79 Å². The number of aromatic nitrogens is 4. The first-order valence-electron chi connectivity index (χ1n) is 8.49. The Bertz CT molecular complexity index is 725. The van der Waals surface area contributed by atoms with E-state index in [1.165, 1.54) is 22.9 Å². The molecule has 1 saturated heterocycles. The minimum Gasteiger partial charge on any atom is -0.335 e. The Kier molecular flexibility index (Phi) is 4.26. The van der Waals surface area contributed by atoms with Crippen molar-refractivity contribution >= 4 is 17.7 Å². The molecule has 2 aromatic rings. The number of aryl methyl sites for hydroxylation is 1. The predicted octanol–water partition coefficient (Wildman–Crippen LogP) is 2.77. The quantitative estimate of drug-likeness (QED) is 0.781. The fraction of sp³-hybridized carbons (Fsp3) is 0.529. The molecule has 2 fully saturated rings. The molecule has 0 bridgehead atoms. The molecule has 1 atom stereocenters. The molecule has 2 heterocycles. The van der Waals surface area contributed by atoms with Crippen molar-refractivity contribution in [3.63, 3.8) is 0 Å². The normalized spacial score (nSPS) is 20.5. The number of rotatable bonds is 5. The minimum atomic E-state index is 0.174. The summed E-state index contributed by atoms with van der Waals surface area (Å²) in [5.74, 6) is 0.573. The number of carbonyl (C=O) groups excluding carboxylic acids is 1. The summed E-state index contributed by atoms with van der Waals surface area (Å²) in [5, 5.41) is 12.6. The monoisotopic (exact) mass is 343 g/mol. The number of carbonyl (C=O) groups is 1. The van der Waals surface area contributed by atoms with E-state index >= 15 is 0 Å². The summed E-state index contributed by atoms with van der Waals surface area (Å²) in [5.41, 5.74) is 2.48. The Hall–Kier alpha value is -1.89. The summed E-state index contributed by atoms with van der Waals surface area (Å²) in [7, 11) is 0. The number of benzene rings is 1. The van der Waals surface area contributed by atoms with Gasteiger partial charge in [0.1, 0.15) is 0 Å². The van der Waals surface area contributed by atoms with Crippen molar-refractivity contribution < 1.29 is 4.79 Å². The Morgan fingerprint density at radius 2 is 2.04 bits per heavy atom. The Morgan fingerprint density at radius 3 is 2.79 bits per heavy atom. The molecule has 1 saturated carbocycles. The molecule has 1 unspecified atom stereocenters. The van der Waals surface area contributed by atoms with Gasteiger partial charge < -0.3 is 4.90 Å². The summed E-state index contributed by atoms with van der Waals surface area (Å²) >= 11 is 1.45. The van der Waals surface area contributed by atoms with Crippen LogP contribution in [0, 0.1) is 6.92 Å². The number of likely N-dealkylation sites (tertiary alicyclic amines) is 1. The number of amides is 1. The van der Waals surface area contributed by atoms with Gasteiger partial charge in [-0.05, 0) is 48.6 Å². The summed E-state index contributed by atoms with van der Waals surface area (Å²) in [6.45, 7) is 2.92. The first-order chi connectivity index (χ1) is 11.7. The fourth-order valence-electron chi connectivity index (χ4n) is 3.24. The van der Waals surface area contributed by atoms with Crippen molar-refractivity contribution in [2.24, 2.45) is 0 Å². The molecule has 1 amide bonds. The zero-order valence-corrected chi connectivity index (χ0v) is 14.6. The summed E-state index contributed by atoms with van der Waals surface area (Å²) < 4.78 is 1.86. The van der Waals surface area contributed by atoms with Crippen LogP contribution in [0.2, 0.25) is 0 Å². The topological polar surface area (TPSA) is 63.9 Å². The molecular formula is C17H21N5OS. The lowest BCUT2D eigenvalue weighted by molar-refractivity contribution is -0.129. The third-order valence-electron chi connectivity index (χ3n) is 4.72. The zero-order chi connectivity index (χ0) is 16.5. The van der Waals surface area contributed by atoms with Crippen LogP contribution in [0.15, 0.2) is 29.4 Å². The van der Waals surface area contributed by atoms with Crippen molar-refractivity contribution in [3.05, 3.63) is 35.4 Å². The second-order valence-electron chi connectivity index (χ2n) is 6.58. The summed E-state index contributed by atoms with van der Waals surface area (Å²) in [6, 6.07) is 9.17. The molecule has 1 aromatic carbocycles. The second-order valence-corrected chi connectivity index (χ2v) is 7.52. The number of hydrogen-bond acceptors (Lipinski definition) is 5. The Labute approximate surface area is 145 Å². The maximum Gasteiger partial charge on any atom is 0.233 e. The predicted molar refractivity (Wildman–Crippen MR) is 91.7 cm³/mol. The van der Waals surface area contributed by atoms with E-state index in [1.807, 2.05) is 9.58 Å². The minimum absolute atomic E-state index is 0.174. The highest BCUT2D eigenvalue weighted by atomic mass is 32.2. The van der Waals surface area contributed by atoms with Gasteiger partial charge in [-0.1, -0.05) is 41.6 Å². The second kappa shape index (κ2) is 6.55. The lowest BCUT2D eigenvalue weighted by Gasteiger charge is -2.25. The van der Waals surface area contributed by atoms with Crippen molar-refractivity contribution in [3.8, 4) is 0 Å². The van der Waals surface area contributed by atoms with Crippen LogP contribution in [0.3, 0.4) is 0 Å². The molecule has 0 spiro atoms. The lowest BCUT2D eigenvalue weighted by atomic mass is 10.0. The smallest absolute Gasteiger partial charge is 0.233 e. The molecule has 4 rings (SSSR count). The molecule has 0 N–H and O–H groups in total. The third-order valence-corrected chi connectivity index (χ3v) is 5.63. The molecule has 7 heteroatoms. The molecule has 1 aliphatic heterocycles. The van der Waals surface area contributed by atoms with E-state index in [1.54, 1.807) is 0 Å². The highest BCUT2D eigenvalue weighted by molar-refractivity contribution is 7.99. The van der Waals surface area contributed by atoms with Crippen LogP contribution in [-0.4, -0.2) is 43.3 Å². The highest BCUT2D eigenvalue weighted by Gasteiger charge is 2.31. The van der Waals surface area contributed by atoms with Gasteiger partial charge in [-0.25, -0.2) is 4.68 Å². The molecule has 126 valence electrons. The summed E-state index contributed by atoms with van der Waals surface area (Å²) in [6.07, 6.45) is 4.37. The van der Waals surface area contributed by atoms with E-state index in [4.69, 9.17) is 0 Å². The number of nitrogens with zero attached hydrogens (tertiary/aromatic N) is 5. The van der Waals surface area contributed by atoms with Gasteiger partial charge in [-0.2, -0.15) is 0 Å². The van der Waals surface area contributed by atoms with Crippen LogP contribution in [0.25, 0.3) is 0 Å². The summed E-state index contributed by atoms with van der Waals surface area (Å²) in [4.78, 5) is 14.7. The van der Waals surface area contributed by atoms with Gasteiger partial charge >= 0.3 is 0 Å². The van der Waals surface area contributed by atoms with E-state index in [0.717, 1.165) is 37.4 Å². The first kappa shape index (κ1) is 15.6. The van der Waals surface area contributed by atoms with E-state index in [2.05, 4.69) is 46.7 Å². The molecule has 24 heavy (non-hydrogen) atoms. The van der Waals surface area contributed by atoms with Gasteiger partial charge in [-0.15, -0.1) is 5.10 Å². The number of tetrazole rings is 1. The molecule has 1 aromatic heterocycles. The van der Waals surface area contributed by atoms with E-state index in [9.17, 15) is 4.79 Å². The van der Waals surface area contributed by atoms with E-state index in [-0.39, 0.29) is 11.9 Å². The zero-order valence-electron chi connectivity index (χ0n) is 13.8. The van der Waals surface area contributed by atoms with Gasteiger partial charge in [0.15, 0.2) is 0 Å². The highest BCUT2D eigenvalue weighted by Crippen LogP contribution is 2.37. The molecular weight excluding hydrogens is 322 g/mol. The Balaban J connectivity index is 1.41. The average Bonchev–Trinajstić information content (AvgIpc) is 3.12. The van der Waals surface area contributed by atoms with Crippen molar-refractivity contribution in [2.45, 2.75) is 49.8 Å². The van der Waals surface area contributed by atoms with Crippen LogP contribution in [0.5, 0.6) is 0 Å². The van der Waals surface area contributed by atoms with Crippen LogP contribution >= 0.6 is 11.8 Å². The number of hydrogen-bond donors (Lipinski definition) is 0. The maximum absolute atomic E-state index is 12.7. The molecule has 1 aliphatic carbocycles. The Morgan fingerprint density at radius 1 is 1.25 bits per heavy atom. The van der Waals surface area contributed by atoms with Gasteiger partial charge in [-0.3, -0.25) is 4.79 Å². The first-order valence-corrected chi connectivity index (χ1v) is 9.47. The van der Waals surface area contributed by atoms with Gasteiger partial charge in [0, 0.05) is 6.54 Å². The van der Waals surface area contributed by atoms with Crippen LogP contribution in [0.4, 0.5) is 0 Å². The largest absolute Gasteiger partial charge is 0.335 e. The molecule has 0 radical (unpaired) electrons. The van der Waals surface area contributed by atoms with Gasteiger partial charge in [0.2, 0.25) is 11.1 Å². The van der Waals surface area contributed by atoms with Crippen molar-refractivity contribution in [1.29, 1.82) is 0 Å².